The molecule has 2 heterocycles. The first-order chi connectivity index (χ1) is 15.5. The van der Waals surface area contributed by atoms with Crippen molar-refractivity contribution in [3.63, 3.8) is 0 Å². The Balaban J connectivity index is 1.47. The van der Waals surface area contributed by atoms with Crippen molar-refractivity contribution in [2.24, 2.45) is 34.5 Å². The van der Waals surface area contributed by atoms with Gasteiger partial charge in [0.1, 0.15) is 11.1 Å². The van der Waals surface area contributed by atoms with Crippen molar-refractivity contribution >= 4 is 40.7 Å². The van der Waals surface area contributed by atoms with Crippen LogP contribution in [0.15, 0.2) is 23.4 Å². The van der Waals surface area contributed by atoms with E-state index in [1.807, 2.05) is 7.05 Å². The van der Waals surface area contributed by atoms with E-state index < -0.39 is 5.92 Å². The fourth-order valence-electron chi connectivity index (χ4n) is 8.17. The number of piperidine rings is 1. The first-order valence-electron chi connectivity index (χ1n) is 12.2. The molecule has 1 aromatic heterocycles. The van der Waals surface area contributed by atoms with Crippen molar-refractivity contribution in [2.45, 2.75) is 65.7 Å². The summed E-state index contributed by atoms with van der Waals surface area (Å²) in [5.41, 5.74) is 3.13. The number of hydrogen-bond donors (Lipinski definition) is 1. The Bertz CT molecular complexity index is 1060. The van der Waals surface area contributed by atoms with E-state index in [9.17, 15) is 9.59 Å². The third-order valence-corrected chi connectivity index (χ3v) is 10.0. The SMILES string of the molecule is CC1=C2N(C)C(=O)C(C(=O)Nc3ccc(Cl)nc3Cl)C[C@]2(C)[C@@H]2CC[C@]3(C)CCC[C@H]3[C@@H]2C1. The van der Waals surface area contributed by atoms with Gasteiger partial charge in [-0.15, -0.1) is 0 Å². The molecule has 1 saturated heterocycles. The normalized spacial score (nSPS) is 38.0. The predicted molar refractivity (Wildman–Crippen MR) is 131 cm³/mol. The second kappa shape index (κ2) is 7.98. The summed E-state index contributed by atoms with van der Waals surface area (Å²) in [6.45, 7) is 7.00. The molecule has 2 amide bonds. The Labute approximate surface area is 206 Å². The molecular formula is C26H33Cl2N3O2. The summed E-state index contributed by atoms with van der Waals surface area (Å²) < 4.78 is 0. The van der Waals surface area contributed by atoms with E-state index in [2.05, 4.69) is 31.1 Å². The predicted octanol–water partition coefficient (Wildman–Crippen LogP) is 6.32. The van der Waals surface area contributed by atoms with Gasteiger partial charge < -0.3 is 10.2 Å². The van der Waals surface area contributed by atoms with Crippen LogP contribution in [0.3, 0.4) is 0 Å². The maximum atomic E-state index is 13.4. The smallest absolute Gasteiger partial charge is 0.239 e. The summed E-state index contributed by atoms with van der Waals surface area (Å²) in [4.78, 5) is 32.5. The molecular weight excluding hydrogens is 457 g/mol. The number of amides is 2. The lowest BCUT2D eigenvalue weighted by Crippen LogP contribution is -2.57. The van der Waals surface area contributed by atoms with Crippen LogP contribution in [0.4, 0.5) is 5.69 Å². The lowest BCUT2D eigenvalue weighted by molar-refractivity contribution is -0.147. The van der Waals surface area contributed by atoms with Gasteiger partial charge in [0.25, 0.3) is 0 Å². The molecule has 3 aliphatic carbocycles. The number of hydrogen-bond acceptors (Lipinski definition) is 3. The van der Waals surface area contributed by atoms with Crippen molar-refractivity contribution in [3.8, 4) is 0 Å². The van der Waals surface area contributed by atoms with Gasteiger partial charge in [-0.25, -0.2) is 4.98 Å². The number of rotatable bonds is 2. The van der Waals surface area contributed by atoms with E-state index in [0.717, 1.165) is 18.0 Å². The summed E-state index contributed by atoms with van der Waals surface area (Å²) in [6.07, 6.45) is 8.03. The number of allylic oxidation sites excluding steroid dienone is 2. The standard InChI is InChI=1S/C26H33Cl2N3O2/c1-14-12-15-17-6-5-10-25(17,2)11-9-18(15)26(3)13-16(24(33)31(4)21(14)26)23(32)29-19-7-8-20(27)30-22(19)28/h7-8,15-18H,5-6,9-13H2,1-4H3,(H,29,32)/t15-,16?,17-,18+,25-,26+/m0/s1. The number of anilines is 1. The minimum atomic E-state index is -0.751. The number of likely N-dealkylation sites (tertiary alicyclic amines) is 1. The summed E-state index contributed by atoms with van der Waals surface area (Å²) in [5.74, 6) is 0.675. The highest BCUT2D eigenvalue weighted by atomic mass is 35.5. The van der Waals surface area contributed by atoms with Gasteiger partial charge in [0.2, 0.25) is 11.8 Å². The zero-order valence-corrected chi connectivity index (χ0v) is 21.4. The molecule has 5 nitrogen and oxygen atoms in total. The van der Waals surface area contributed by atoms with Gasteiger partial charge in [-0.2, -0.15) is 0 Å². The zero-order chi connectivity index (χ0) is 23.7. The molecule has 33 heavy (non-hydrogen) atoms. The van der Waals surface area contributed by atoms with Crippen LogP contribution >= 0.6 is 23.2 Å². The molecule has 0 bridgehead atoms. The first kappa shape index (κ1) is 23.2. The largest absolute Gasteiger partial charge is 0.323 e. The van der Waals surface area contributed by atoms with Crippen LogP contribution in [0.2, 0.25) is 10.3 Å². The maximum absolute atomic E-state index is 13.4. The molecule has 0 spiro atoms. The molecule has 1 N–H and O–H groups in total. The second-order valence-corrected chi connectivity index (χ2v) is 12.1. The fraction of sp³-hybridized carbons (Fsp3) is 0.654. The summed E-state index contributed by atoms with van der Waals surface area (Å²) in [6, 6.07) is 3.21. The number of nitrogens with zero attached hydrogens (tertiary/aromatic N) is 2. The van der Waals surface area contributed by atoms with Gasteiger partial charge in [-0.1, -0.05) is 49.0 Å². The van der Waals surface area contributed by atoms with E-state index in [1.54, 1.807) is 17.0 Å². The van der Waals surface area contributed by atoms with Crippen molar-refractivity contribution in [1.29, 1.82) is 0 Å². The highest BCUT2D eigenvalue weighted by Gasteiger charge is 2.60. The van der Waals surface area contributed by atoms with E-state index in [4.69, 9.17) is 23.2 Å². The Kier molecular flexibility index (Phi) is 5.60. The number of carbonyl (C=O) groups is 2. The summed E-state index contributed by atoms with van der Waals surface area (Å²) >= 11 is 12.1. The Hall–Kier alpha value is -1.59. The van der Waals surface area contributed by atoms with Gasteiger partial charge in [0.05, 0.1) is 5.69 Å². The third kappa shape index (κ3) is 3.53. The molecule has 6 atom stereocenters. The molecule has 0 radical (unpaired) electrons. The summed E-state index contributed by atoms with van der Waals surface area (Å²) in [7, 11) is 1.85. The van der Waals surface area contributed by atoms with Crippen molar-refractivity contribution in [2.75, 3.05) is 12.4 Å². The summed E-state index contributed by atoms with van der Waals surface area (Å²) in [5, 5.41) is 3.23. The van der Waals surface area contributed by atoms with E-state index in [1.165, 1.54) is 37.7 Å². The lowest BCUT2D eigenvalue weighted by Gasteiger charge is -2.59. The highest BCUT2D eigenvalue weighted by Crippen LogP contribution is 2.65. The Morgan fingerprint density at radius 1 is 1.18 bits per heavy atom. The number of nitrogens with one attached hydrogen (secondary N) is 1. The van der Waals surface area contributed by atoms with Gasteiger partial charge in [-0.05, 0) is 80.8 Å². The average Bonchev–Trinajstić information content (AvgIpc) is 3.14. The number of fused-ring (bicyclic) bond motifs is 5. The molecule has 1 unspecified atom stereocenters. The Morgan fingerprint density at radius 2 is 1.94 bits per heavy atom. The van der Waals surface area contributed by atoms with Gasteiger partial charge in [0, 0.05) is 18.2 Å². The van der Waals surface area contributed by atoms with Crippen LogP contribution < -0.4 is 5.32 Å². The number of aromatic nitrogens is 1. The molecule has 178 valence electrons. The minimum Gasteiger partial charge on any atom is -0.323 e. The maximum Gasteiger partial charge on any atom is 0.239 e. The quantitative estimate of drug-likeness (QED) is 0.390. The van der Waals surface area contributed by atoms with Gasteiger partial charge in [0.15, 0.2) is 5.15 Å². The average molecular weight is 490 g/mol. The highest BCUT2D eigenvalue weighted by molar-refractivity contribution is 6.34. The monoisotopic (exact) mass is 489 g/mol. The van der Waals surface area contributed by atoms with E-state index in [0.29, 0.717) is 29.4 Å². The molecule has 0 aromatic carbocycles. The van der Waals surface area contributed by atoms with Crippen LogP contribution in [0.1, 0.15) is 65.7 Å². The molecule has 2 saturated carbocycles. The van der Waals surface area contributed by atoms with Gasteiger partial charge >= 0.3 is 0 Å². The molecule has 1 aromatic rings. The van der Waals surface area contributed by atoms with Crippen LogP contribution in [-0.2, 0) is 9.59 Å². The molecule has 4 aliphatic rings. The molecule has 7 heteroatoms. The van der Waals surface area contributed by atoms with Crippen LogP contribution in [-0.4, -0.2) is 28.7 Å². The van der Waals surface area contributed by atoms with Crippen LogP contribution in [0, 0.1) is 34.5 Å². The van der Waals surface area contributed by atoms with E-state index in [-0.39, 0.29) is 27.5 Å². The first-order valence-corrected chi connectivity index (χ1v) is 12.9. The van der Waals surface area contributed by atoms with Crippen LogP contribution in [0.25, 0.3) is 0 Å². The zero-order valence-electron chi connectivity index (χ0n) is 19.9. The number of pyridine rings is 1. The van der Waals surface area contributed by atoms with Crippen molar-refractivity contribution in [1.82, 2.24) is 9.88 Å². The third-order valence-electron chi connectivity index (χ3n) is 9.51. The van der Waals surface area contributed by atoms with Gasteiger partial charge in [-0.3, -0.25) is 9.59 Å². The van der Waals surface area contributed by atoms with E-state index >= 15 is 0 Å². The van der Waals surface area contributed by atoms with Crippen molar-refractivity contribution < 1.29 is 9.59 Å². The number of carbonyl (C=O) groups excluding carboxylic acids is 2. The topological polar surface area (TPSA) is 62.3 Å². The fourth-order valence-corrected chi connectivity index (χ4v) is 8.56. The van der Waals surface area contributed by atoms with Crippen molar-refractivity contribution in [3.05, 3.63) is 33.7 Å². The molecule has 1 aliphatic heterocycles. The minimum absolute atomic E-state index is 0.126. The second-order valence-electron chi connectivity index (χ2n) is 11.3. The Morgan fingerprint density at radius 3 is 2.67 bits per heavy atom. The van der Waals surface area contributed by atoms with Crippen LogP contribution in [0.5, 0.6) is 0 Å². The molecule has 5 rings (SSSR count). The lowest BCUT2D eigenvalue weighted by atomic mass is 9.48. The molecule has 3 fully saturated rings. The number of halogens is 2.